The Hall–Kier alpha value is -1.41. The summed E-state index contributed by atoms with van der Waals surface area (Å²) in [4.78, 5) is 1.30. The number of hydrogen-bond donors (Lipinski definition) is 0. The summed E-state index contributed by atoms with van der Waals surface area (Å²) in [5.41, 5.74) is 1.28. The van der Waals surface area contributed by atoms with Crippen LogP contribution in [0.5, 0.6) is 5.75 Å². The van der Waals surface area contributed by atoms with Crippen molar-refractivity contribution in [1.29, 1.82) is 0 Å². The molecule has 1 nitrogen and oxygen atoms in total. The predicted molar refractivity (Wildman–Crippen MR) is 78.5 cm³/mol. The Labute approximate surface area is 113 Å². The van der Waals surface area contributed by atoms with Crippen molar-refractivity contribution in [1.82, 2.24) is 0 Å². The molecule has 0 amide bonds. The third-order valence-electron chi connectivity index (χ3n) is 2.71. The Morgan fingerprint density at radius 3 is 2.44 bits per heavy atom. The lowest BCUT2D eigenvalue weighted by Gasteiger charge is -2.09. The van der Waals surface area contributed by atoms with Crippen LogP contribution in [0.3, 0.4) is 0 Å². The summed E-state index contributed by atoms with van der Waals surface area (Å²) >= 11 is 1.83. The second-order valence-electron chi connectivity index (χ2n) is 3.97. The van der Waals surface area contributed by atoms with Gasteiger partial charge in [0.1, 0.15) is 5.75 Å². The Morgan fingerprint density at radius 2 is 1.67 bits per heavy atom. The SMILES string of the molecule is CCc1ccccc1OCCSc1ccccc1. The number of hydrogen-bond acceptors (Lipinski definition) is 2. The van der Waals surface area contributed by atoms with Gasteiger partial charge in [0.2, 0.25) is 0 Å². The van der Waals surface area contributed by atoms with Crippen LogP contribution in [0, 0.1) is 0 Å². The van der Waals surface area contributed by atoms with Crippen LogP contribution >= 0.6 is 11.8 Å². The van der Waals surface area contributed by atoms with Crippen LogP contribution < -0.4 is 4.74 Å². The highest BCUT2D eigenvalue weighted by Crippen LogP contribution is 2.20. The Morgan fingerprint density at radius 1 is 0.944 bits per heavy atom. The molecule has 0 aliphatic carbocycles. The Balaban J connectivity index is 1.78. The molecule has 0 aromatic heterocycles. The number of rotatable bonds is 6. The van der Waals surface area contributed by atoms with Gasteiger partial charge < -0.3 is 4.74 Å². The molecule has 94 valence electrons. The van der Waals surface area contributed by atoms with Gasteiger partial charge in [-0.1, -0.05) is 43.3 Å². The van der Waals surface area contributed by atoms with E-state index in [-0.39, 0.29) is 0 Å². The van der Waals surface area contributed by atoms with Crippen molar-refractivity contribution in [3.63, 3.8) is 0 Å². The first kappa shape index (κ1) is 13.0. The molecule has 0 radical (unpaired) electrons. The summed E-state index contributed by atoms with van der Waals surface area (Å²) in [5, 5.41) is 0. The lowest BCUT2D eigenvalue weighted by Crippen LogP contribution is -2.02. The lowest BCUT2D eigenvalue weighted by atomic mass is 10.1. The highest BCUT2D eigenvalue weighted by Gasteiger charge is 2.00. The third kappa shape index (κ3) is 3.81. The van der Waals surface area contributed by atoms with Crippen molar-refractivity contribution >= 4 is 11.8 Å². The summed E-state index contributed by atoms with van der Waals surface area (Å²) in [6, 6.07) is 18.7. The van der Waals surface area contributed by atoms with E-state index in [0.29, 0.717) is 0 Å². The summed E-state index contributed by atoms with van der Waals surface area (Å²) in [6.45, 7) is 2.90. The maximum absolute atomic E-state index is 5.83. The summed E-state index contributed by atoms with van der Waals surface area (Å²) in [6.07, 6.45) is 1.02. The van der Waals surface area contributed by atoms with Gasteiger partial charge in [0.15, 0.2) is 0 Å². The standard InChI is InChI=1S/C16H18OS/c1-2-14-8-6-7-11-16(14)17-12-13-18-15-9-4-3-5-10-15/h3-11H,2,12-13H2,1H3. The van der Waals surface area contributed by atoms with E-state index in [1.54, 1.807) is 0 Å². The van der Waals surface area contributed by atoms with Crippen LogP contribution in [0.4, 0.5) is 0 Å². The maximum atomic E-state index is 5.83. The normalized spacial score (nSPS) is 10.3. The first-order valence-corrected chi connectivity index (χ1v) is 7.27. The van der Waals surface area contributed by atoms with Gasteiger partial charge in [-0.25, -0.2) is 0 Å². The summed E-state index contributed by atoms with van der Waals surface area (Å²) in [7, 11) is 0. The van der Waals surface area contributed by atoms with Crippen molar-refractivity contribution in [2.75, 3.05) is 12.4 Å². The largest absolute Gasteiger partial charge is 0.492 e. The molecule has 0 saturated carbocycles. The molecule has 0 aliphatic heterocycles. The molecule has 0 N–H and O–H groups in total. The van der Waals surface area contributed by atoms with Gasteiger partial charge in [0.25, 0.3) is 0 Å². The van der Waals surface area contributed by atoms with Gasteiger partial charge in [-0.2, -0.15) is 0 Å². The Bertz CT molecular complexity index is 468. The van der Waals surface area contributed by atoms with E-state index in [4.69, 9.17) is 4.74 Å². The molecule has 0 bridgehead atoms. The van der Waals surface area contributed by atoms with Crippen LogP contribution in [0.25, 0.3) is 0 Å². The number of thioether (sulfide) groups is 1. The summed E-state index contributed by atoms with van der Waals surface area (Å²) in [5.74, 6) is 2.00. The van der Waals surface area contributed by atoms with Crippen molar-refractivity contribution in [2.24, 2.45) is 0 Å². The van der Waals surface area contributed by atoms with E-state index in [9.17, 15) is 0 Å². The van der Waals surface area contributed by atoms with Gasteiger partial charge in [-0.3, -0.25) is 0 Å². The van der Waals surface area contributed by atoms with Gasteiger partial charge in [-0.05, 0) is 30.2 Å². The average Bonchev–Trinajstić information content (AvgIpc) is 2.45. The third-order valence-corrected chi connectivity index (χ3v) is 3.68. The minimum Gasteiger partial charge on any atom is -0.492 e. The molecule has 0 heterocycles. The molecule has 0 atom stereocenters. The molecular formula is C16H18OS. The fourth-order valence-corrected chi connectivity index (χ4v) is 2.52. The Kier molecular flexibility index (Phi) is 5.15. The van der Waals surface area contributed by atoms with Crippen LogP contribution in [0.2, 0.25) is 0 Å². The second-order valence-corrected chi connectivity index (χ2v) is 5.14. The molecule has 2 aromatic carbocycles. The molecule has 0 unspecified atom stereocenters. The van der Waals surface area contributed by atoms with E-state index in [1.165, 1.54) is 10.5 Å². The topological polar surface area (TPSA) is 9.23 Å². The predicted octanol–water partition coefficient (Wildman–Crippen LogP) is 4.42. The fraction of sp³-hybridized carbons (Fsp3) is 0.250. The van der Waals surface area contributed by atoms with E-state index in [0.717, 1.165) is 24.5 Å². The molecule has 0 aliphatic rings. The fourth-order valence-electron chi connectivity index (χ4n) is 1.76. The average molecular weight is 258 g/mol. The van der Waals surface area contributed by atoms with Crippen molar-refractivity contribution < 1.29 is 4.74 Å². The van der Waals surface area contributed by atoms with E-state index in [1.807, 2.05) is 30.0 Å². The van der Waals surface area contributed by atoms with E-state index < -0.39 is 0 Å². The minimum atomic E-state index is 0.747. The number of ether oxygens (including phenoxy) is 1. The molecule has 2 rings (SSSR count). The highest BCUT2D eigenvalue weighted by molar-refractivity contribution is 7.99. The monoisotopic (exact) mass is 258 g/mol. The number of benzene rings is 2. The molecule has 0 spiro atoms. The van der Waals surface area contributed by atoms with E-state index in [2.05, 4.69) is 43.3 Å². The van der Waals surface area contributed by atoms with Crippen LogP contribution in [-0.2, 0) is 6.42 Å². The zero-order chi connectivity index (χ0) is 12.6. The van der Waals surface area contributed by atoms with Crippen molar-refractivity contribution in [3.05, 3.63) is 60.2 Å². The van der Waals surface area contributed by atoms with Crippen molar-refractivity contribution in [3.8, 4) is 5.75 Å². The van der Waals surface area contributed by atoms with Gasteiger partial charge >= 0.3 is 0 Å². The second kappa shape index (κ2) is 7.12. The van der Waals surface area contributed by atoms with Gasteiger partial charge in [-0.15, -0.1) is 11.8 Å². The molecular weight excluding hydrogens is 240 g/mol. The number of aryl methyl sites for hydroxylation is 1. The highest BCUT2D eigenvalue weighted by atomic mass is 32.2. The quantitative estimate of drug-likeness (QED) is 0.560. The first-order valence-electron chi connectivity index (χ1n) is 6.28. The van der Waals surface area contributed by atoms with Crippen LogP contribution in [-0.4, -0.2) is 12.4 Å². The van der Waals surface area contributed by atoms with Gasteiger partial charge in [0.05, 0.1) is 6.61 Å². The molecule has 2 aromatic rings. The van der Waals surface area contributed by atoms with Crippen LogP contribution in [0.1, 0.15) is 12.5 Å². The molecule has 2 heteroatoms. The van der Waals surface area contributed by atoms with Crippen molar-refractivity contribution in [2.45, 2.75) is 18.2 Å². The zero-order valence-electron chi connectivity index (χ0n) is 10.6. The first-order chi connectivity index (χ1) is 8.90. The van der Waals surface area contributed by atoms with Crippen LogP contribution in [0.15, 0.2) is 59.5 Å². The number of para-hydroxylation sites is 1. The van der Waals surface area contributed by atoms with Gasteiger partial charge in [0, 0.05) is 10.6 Å². The lowest BCUT2D eigenvalue weighted by molar-refractivity contribution is 0.340. The minimum absolute atomic E-state index is 0.747. The molecule has 18 heavy (non-hydrogen) atoms. The molecule has 0 saturated heterocycles. The maximum Gasteiger partial charge on any atom is 0.122 e. The van der Waals surface area contributed by atoms with E-state index >= 15 is 0 Å². The zero-order valence-corrected chi connectivity index (χ0v) is 11.5. The summed E-state index contributed by atoms with van der Waals surface area (Å²) < 4.78 is 5.83. The smallest absolute Gasteiger partial charge is 0.122 e. The molecule has 0 fully saturated rings.